The molecule has 4 heteroatoms. The van der Waals surface area contributed by atoms with Crippen LogP contribution in [0, 0.1) is 0 Å². The third kappa shape index (κ3) is 2.59. The van der Waals surface area contributed by atoms with Gasteiger partial charge in [0.05, 0.1) is 23.8 Å². The lowest BCUT2D eigenvalue weighted by atomic mass is 10.1. The number of rotatable bonds is 3. The maximum Gasteiger partial charge on any atom is 0.133 e. The Bertz CT molecular complexity index is 724. The van der Waals surface area contributed by atoms with Gasteiger partial charge in [0.25, 0.3) is 0 Å². The van der Waals surface area contributed by atoms with E-state index in [4.69, 9.17) is 9.40 Å². The fourth-order valence-corrected chi connectivity index (χ4v) is 3.06. The first-order valence-electron chi connectivity index (χ1n) is 7.63. The maximum atomic E-state index is 5.45. The highest BCUT2D eigenvalue weighted by Gasteiger charge is 2.13. The monoisotopic (exact) mass is 281 g/mol. The van der Waals surface area contributed by atoms with Crippen molar-refractivity contribution < 1.29 is 4.42 Å². The highest BCUT2D eigenvalue weighted by atomic mass is 16.3. The number of furan rings is 1. The van der Waals surface area contributed by atoms with Crippen LogP contribution in [0.3, 0.4) is 0 Å². The van der Waals surface area contributed by atoms with E-state index >= 15 is 0 Å². The fraction of sp³-hybridized carbons (Fsp3) is 0.353. The Morgan fingerprint density at radius 1 is 1.14 bits per heavy atom. The standard InChI is InChI=1S/C17H19N3O/c1-2-8-20(9-3-1)12-17-18-14-7-6-13(11-15(14)19-17)16-5-4-10-21-16/h4-7,10-11H,1-3,8-9,12H2,(H,18,19). The van der Waals surface area contributed by atoms with Gasteiger partial charge in [-0.3, -0.25) is 4.90 Å². The topological polar surface area (TPSA) is 45.1 Å². The maximum absolute atomic E-state index is 5.45. The molecule has 3 heterocycles. The van der Waals surface area contributed by atoms with E-state index in [1.54, 1.807) is 6.26 Å². The quantitative estimate of drug-likeness (QED) is 0.794. The van der Waals surface area contributed by atoms with Gasteiger partial charge in [-0.25, -0.2) is 4.98 Å². The summed E-state index contributed by atoms with van der Waals surface area (Å²) in [5, 5.41) is 0. The lowest BCUT2D eigenvalue weighted by Gasteiger charge is -2.25. The van der Waals surface area contributed by atoms with Crippen LogP contribution >= 0.6 is 0 Å². The van der Waals surface area contributed by atoms with E-state index in [0.717, 1.165) is 34.7 Å². The summed E-state index contributed by atoms with van der Waals surface area (Å²) >= 11 is 0. The zero-order valence-electron chi connectivity index (χ0n) is 12.0. The van der Waals surface area contributed by atoms with Crippen LogP contribution in [-0.4, -0.2) is 28.0 Å². The number of nitrogens with zero attached hydrogens (tertiary/aromatic N) is 2. The van der Waals surface area contributed by atoms with E-state index in [1.165, 1.54) is 32.4 Å². The third-order valence-corrected chi connectivity index (χ3v) is 4.16. The summed E-state index contributed by atoms with van der Waals surface area (Å²) < 4.78 is 5.45. The minimum absolute atomic E-state index is 0.893. The highest BCUT2D eigenvalue weighted by Crippen LogP contribution is 2.24. The number of aromatic nitrogens is 2. The summed E-state index contributed by atoms with van der Waals surface area (Å²) in [4.78, 5) is 10.6. The van der Waals surface area contributed by atoms with Crippen molar-refractivity contribution in [3.05, 3.63) is 42.4 Å². The Hall–Kier alpha value is -2.07. The van der Waals surface area contributed by atoms with Gasteiger partial charge in [-0.05, 0) is 56.3 Å². The minimum atomic E-state index is 0.893. The number of H-pyrrole nitrogens is 1. The zero-order chi connectivity index (χ0) is 14.1. The molecule has 3 aromatic rings. The smallest absolute Gasteiger partial charge is 0.133 e. The number of benzene rings is 1. The fourth-order valence-electron chi connectivity index (χ4n) is 3.06. The second-order valence-electron chi connectivity index (χ2n) is 5.73. The minimum Gasteiger partial charge on any atom is -0.464 e. The van der Waals surface area contributed by atoms with Gasteiger partial charge in [0, 0.05) is 5.56 Å². The lowest BCUT2D eigenvalue weighted by Crippen LogP contribution is -2.29. The Kier molecular flexibility index (Phi) is 3.24. The molecule has 0 aliphatic carbocycles. The summed E-state index contributed by atoms with van der Waals surface area (Å²) in [5.41, 5.74) is 3.19. The Morgan fingerprint density at radius 2 is 2.05 bits per heavy atom. The third-order valence-electron chi connectivity index (χ3n) is 4.16. The number of nitrogens with one attached hydrogen (secondary N) is 1. The van der Waals surface area contributed by atoms with E-state index in [1.807, 2.05) is 12.1 Å². The van der Waals surface area contributed by atoms with Crippen molar-refractivity contribution in [1.82, 2.24) is 14.9 Å². The van der Waals surface area contributed by atoms with Crippen molar-refractivity contribution in [1.29, 1.82) is 0 Å². The molecule has 1 saturated heterocycles. The average Bonchev–Trinajstić information content (AvgIpc) is 3.16. The van der Waals surface area contributed by atoms with Crippen LogP contribution in [0.5, 0.6) is 0 Å². The number of hydrogen-bond donors (Lipinski definition) is 1. The molecule has 1 N–H and O–H groups in total. The molecule has 0 amide bonds. The summed E-state index contributed by atoms with van der Waals surface area (Å²) in [6.07, 6.45) is 5.68. The van der Waals surface area contributed by atoms with Crippen LogP contribution < -0.4 is 0 Å². The van der Waals surface area contributed by atoms with Crippen molar-refractivity contribution in [2.24, 2.45) is 0 Å². The second kappa shape index (κ2) is 5.37. The largest absolute Gasteiger partial charge is 0.464 e. The molecule has 108 valence electrons. The number of piperidine rings is 1. The predicted octanol–water partition coefficient (Wildman–Crippen LogP) is 3.81. The van der Waals surface area contributed by atoms with Crippen molar-refractivity contribution in [3.63, 3.8) is 0 Å². The number of hydrogen-bond acceptors (Lipinski definition) is 3. The second-order valence-corrected chi connectivity index (χ2v) is 5.73. The molecule has 0 atom stereocenters. The van der Waals surface area contributed by atoms with Crippen LogP contribution in [0.4, 0.5) is 0 Å². The first-order chi connectivity index (χ1) is 10.4. The highest BCUT2D eigenvalue weighted by molar-refractivity contribution is 5.80. The normalized spacial score (nSPS) is 16.6. The number of fused-ring (bicyclic) bond motifs is 1. The van der Waals surface area contributed by atoms with E-state index in [0.29, 0.717) is 0 Å². The van der Waals surface area contributed by atoms with Gasteiger partial charge in [0.15, 0.2) is 0 Å². The van der Waals surface area contributed by atoms with Crippen LogP contribution in [-0.2, 0) is 6.54 Å². The summed E-state index contributed by atoms with van der Waals surface area (Å²) in [6.45, 7) is 3.30. The van der Waals surface area contributed by atoms with Crippen LogP contribution in [0.1, 0.15) is 25.1 Å². The molecular weight excluding hydrogens is 262 g/mol. The number of likely N-dealkylation sites (tertiary alicyclic amines) is 1. The van der Waals surface area contributed by atoms with Crippen molar-refractivity contribution >= 4 is 11.0 Å². The van der Waals surface area contributed by atoms with Gasteiger partial charge in [-0.15, -0.1) is 0 Å². The van der Waals surface area contributed by atoms with Crippen LogP contribution in [0.15, 0.2) is 41.0 Å². The van der Waals surface area contributed by atoms with Crippen molar-refractivity contribution in [2.45, 2.75) is 25.8 Å². The lowest BCUT2D eigenvalue weighted by molar-refractivity contribution is 0.216. The van der Waals surface area contributed by atoms with Gasteiger partial charge < -0.3 is 9.40 Å². The average molecular weight is 281 g/mol. The number of imidazole rings is 1. The van der Waals surface area contributed by atoms with Gasteiger partial charge in [-0.1, -0.05) is 6.42 Å². The van der Waals surface area contributed by atoms with Gasteiger partial charge >= 0.3 is 0 Å². The molecule has 2 aromatic heterocycles. The molecule has 0 bridgehead atoms. The van der Waals surface area contributed by atoms with Crippen molar-refractivity contribution in [2.75, 3.05) is 13.1 Å². The molecule has 0 spiro atoms. The van der Waals surface area contributed by atoms with Crippen LogP contribution in [0.25, 0.3) is 22.4 Å². The molecule has 1 fully saturated rings. The Labute approximate surface area is 123 Å². The molecular formula is C17H19N3O. The first-order valence-corrected chi connectivity index (χ1v) is 7.63. The van der Waals surface area contributed by atoms with E-state index in [2.05, 4.69) is 28.1 Å². The molecule has 0 unspecified atom stereocenters. The molecule has 21 heavy (non-hydrogen) atoms. The van der Waals surface area contributed by atoms with E-state index in [-0.39, 0.29) is 0 Å². The molecule has 0 radical (unpaired) electrons. The van der Waals surface area contributed by atoms with E-state index in [9.17, 15) is 0 Å². The van der Waals surface area contributed by atoms with Gasteiger partial charge in [0.2, 0.25) is 0 Å². The molecule has 1 aliphatic rings. The van der Waals surface area contributed by atoms with Gasteiger partial charge in [0.1, 0.15) is 11.6 Å². The van der Waals surface area contributed by atoms with Crippen LogP contribution in [0.2, 0.25) is 0 Å². The molecule has 1 aliphatic heterocycles. The van der Waals surface area contributed by atoms with Crippen molar-refractivity contribution in [3.8, 4) is 11.3 Å². The predicted molar refractivity (Wildman–Crippen MR) is 82.9 cm³/mol. The zero-order valence-corrected chi connectivity index (χ0v) is 12.0. The SMILES string of the molecule is c1coc(-c2ccc3nc(CN4CCCCC4)[nH]c3c2)c1. The first kappa shape index (κ1) is 12.7. The molecule has 0 saturated carbocycles. The Morgan fingerprint density at radius 3 is 2.86 bits per heavy atom. The molecule has 4 rings (SSSR count). The summed E-state index contributed by atoms with van der Waals surface area (Å²) in [5.74, 6) is 1.95. The Balaban J connectivity index is 1.60. The summed E-state index contributed by atoms with van der Waals surface area (Å²) in [7, 11) is 0. The number of aromatic amines is 1. The molecule has 4 nitrogen and oxygen atoms in total. The van der Waals surface area contributed by atoms with E-state index < -0.39 is 0 Å². The molecule has 1 aromatic carbocycles. The summed E-state index contributed by atoms with van der Waals surface area (Å²) in [6, 6.07) is 10.1. The van der Waals surface area contributed by atoms with Gasteiger partial charge in [-0.2, -0.15) is 0 Å².